The minimum Gasteiger partial charge on any atom is -0.409 e. The van der Waals surface area contributed by atoms with E-state index in [1.165, 1.54) is 0 Å². The Morgan fingerprint density at radius 1 is 1.30 bits per heavy atom. The highest BCUT2D eigenvalue weighted by molar-refractivity contribution is 5.95. The molecule has 1 aromatic rings. The van der Waals surface area contributed by atoms with E-state index in [0.29, 0.717) is 12.0 Å². The van der Waals surface area contributed by atoms with E-state index in [2.05, 4.69) is 5.16 Å². The largest absolute Gasteiger partial charge is 0.409 e. The fourth-order valence-electron chi connectivity index (χ4n) is 1.79. The number of hydrogen-bond acceptors (Lipinski definition) is 4. The first kappa shape index (κ1) is 15.8. The van der Waals surface area contributed by atoms with Crippen molar-refractivity contribution >= 4 is 17.4 Å². The second kappa shape index (κ2) is 6.79. The number of amidine groups is 1. The van der Waals surface area contributed by atoms with E-state index in [4.69, 9.17) is 10.9 Å². The highest BCUT2D eigenvalue weighted by Crippen LogP contribution is 2.14. The third kappa shape index (κ3) is 3.88. The number of nitrogens with zero attached hydrogens (tertiary/aromatic N) is 3. The Morgan fingerprint density at radius 3 is 2.30 bits per heavy atom. The molecule has 110 valence electrons. The molecule has 0 aliphatic rings. The average molecular weight is 278 g/mol. The summed E-state index contributed by atoms with van der Waals surface area (Å²) in [7, 11) is 5.60. The lowest BCUT2D eigenvalue weighted by atomic mass is 10.1. The molecular weight excluding hydrogens is 256 g/mol. The van der Waals surface area contributed by atoms with Crippen LogP contribution in [0, 0.1) is 0 Å². The molecule has 1 unspecified atom stereocenters. The van der Waals surface area contributed by atoms with Crippen LogP contribution in [0.1, 0.15) is 23.7 Å². The Bertz CT molecular complexity index is 482. The van der Waals surface area contributed by atoms with Crippen LogP contribution >= 0.6 is 0 Å². The molecule has 0 spiro atoms. The van der Waals surface area contributed by atoms with Gasteiger partial charge < -0.3 is 20.7 Å². The molecule has 0 aromatic heterocycles. The van der Waals surface area contributed by atoms with Gasteiger partial charge in [0.2, 0.25) is 0 Å². The zero-order valence-electron chi connectivity index (χ0n) is 12.4. The van der Waals surface area contributed by atoms with Gasteiger partial charge in [-0.1, -0.05) is 5.16 Å². The average Bonchev–Trinajstić information content (AvgIpc) is 2.45. The Labute approximate surface area is 119 Å². The number of nitrogens with two attached hydrogens (primary N) is 1. The van der Waals surface area contributed by atoms with E-state index < -0.39 is 0 Å². The minimum absolute atomic E-state index is 0.0893. The van der Waals surface area contributed by atoms with E-state index in [1.807, 2.05) is 38.1 Å². The summed E-state index contributed by atoms with van der Waals surface area (Å²) < 4.78 is 0. The summed E-state index contributed by atoms with van der Waals surface area (Å²) in [6.07, 6.45) is 0.328. The molecule has 6 nitrogen and oxygen atoms in total. The maximum atomic E-state index is 12.3. The Balaban J connectivity index is 2.78. The lowest BCUT2D eigenvalue weighted by Crippen LogP contribution is -2.37. The number of anilines is 1. The van der Waals surface area contributed by atoms with Crippen molar-refractivity contribution in [1.29, 1.82) is 0 Å². The van der Waals surface area contributed by atoms with Crippen molar-refractivity contribution in [2.45, 2.75) is 19.4 Å². The Hall–Kier alpha value is -2.24. The van der Waals surface area contributed by atoms with Crippen molar-refractivity contribution in [3.05, 3.63) is 29.8 Å². The van der Waals surface area contributed by atoms with Gasteiger partial charge in [-0.25, -0.2) is 0 Å². The molecule has 1 amide bonds. The number of benzene rings is 1. The monoisotopic (exact) mass is 278 g/mol. The first-order valence-corrected chi connectivity index (χ1v) is 6.37. The molecule has 0 fully saturated rings. The van der Waals surface area contributed by atoms with Gasteiger partial charge in [-0.2, -0.15) is 0 Å². The summed E-state index contributed by atoms with van der Waals surface area (Å²) in [5.74, 6) is 0.0219. The van der Waals surface area contributed by atoms with Gasteiger partial charge in [0, 0.05) is 44.9 Å². The summed E-state index contributed by atoms with van der Waals surface area (Å²) in [6.45, 7) is 1.85. The van der Waals surface area contributed by atoms with Crippen LogP contribution in [0.25, 0.3) is 0 Å². The quantitative estimate of drug-likeness (QED) is 0.369. The lowest BCUT2D eigenvalue weighted by molar-refractivity contribution is 0.0747. The van der Waals surface area contributed by atoms with Crippen molar-refractivity contribution in [3.63, 3.8) is 0 Å². The number of oxime groups is 1. The summed E-state index contributed by atoms with van der Waals surface area (Å²) in [5.41, 5.74) is 7.11. The molecule has 0 saturated heterocycles. The molecule has 20 heavy (non-hydrogen) atoms. The Kier molecular flexibility index (Phi) is 5.37. The summed E-state index contributed by atoms with van der Waals surface area (Å²) >= 11 is 0. The molecular formula is C14H22N4O2. The van der Waals surface area contributed by atoms with Crippen LogP contribution in [0.2, 0.25) is 0 Å². The van der Waals surface area contributed by atoms with Gasteiger partial charge in [0.05, 0.1) is 0 Å². The minimum atomic E-state index is -0.146. The molecule has 6 heteroatoms. The van der Waals surface area contributed by atoms with Crippen LogP contribution in [-0.2, 0) is 0 Å². The van der Waals surface area contributed by atoms with E-state index in [-0.39, 0.29) is 17.8 Å². The van der Waals surface area contributed by atoms with E-state index in [1.54, 1.807) is 24.1 Å². The first-order chi connectivity index (χ1) is 9.36. The maximum Gasteiger partial charge on any atom is 0.253 e. The predicted molar refractivity (Wildman–Crippen MR) is 80.4 cm³/mol. The van der Waals surface area contributed by atoms with Crippen molar-refractivity contribution in [2.24, 2.45) is 10.9 Å². The zero-order chi connectivity index (χ0) is 15.3. The number of carbonyl (C=O) groups excluding carboxylic acids is 1. The van der Waals surface area contributed by atoms with Crippen LogP contribution in [0.4, 0.5) is 5.69 Å². The number of carbonyl (C=O) groups is 1. The van der Waals surface area contributed by atoms with Crippen molar-refractivity contribution in [3.8, 4) is 0 Å². The molecule has 0 aliphatic carbocycles. The van der Waals surface area contributed by atoms with Gasteiger partial charge >= 0.3 is 0 Å². The van der Waals surface area contributed by atoms with Crippen molar-refractivity contribution in [2.75, 3.05) is 26.0 Å². The van der Waals surface area contributed by atoms with Crippen LogP contribution < -0.4 is 10.6 Å². The zero-order valence-corrected chi connectivity index (χ0v) is 12.4. The van der Waals surface area contributed by atoms with Crippen LogP contribution in [0.15, 0.2) is 29.4 Å². The SMILES string of the molecule is CC(CC(N)=NO)N(C)C(=O)c1ccc(N(C)C)cc1. The predicted octanol–water partition coefficient (Wildman–Crippen LogP) is 1.35. The Morgan fingerprint density at radius 2 is 1.85 bits per heavy atom. The molecule has 0 radical (unpaired) electrons. The van der Waals surface area contributed by atoms with E-state index >= 15 is 0 Å². The molecule has 0 saturated carbocycles. The van der Waals surface area contributed by atoms with Gasteiger partial charge in [-0.3, -0.25) is 4.79 Å². The molecule has 0 aliphatic heterocycles. The van der Waals surface area contributed by atoms with Gasteiger partial charge in [0.15, 0.2) is 0 Å². The van der Waals surface area contributed by atoms with E-state index in [0.717, 1.165) is 5.69 Å². The van der Waals surface area contributed by atoms with E-state index in [9.17, 15) is 4.79 Å². The fourth-order valence-corrected chi connectivity index (χ4v) is 1.79. The van der Waals surface area contributed by atoms with Gasteiger partial charge in [-0.15, -0.1) is 0 Å². The van der Waals surface area contributed by atoms with Gasteiger partial charge in [0.1, 0.15) is 5.84 Å². The van der Waals surface area contributed by atoms with Crippen molar-refractivity contribution in [1.82, 2.24) is 4.90 Å². The first-order valence-electron chi connectivity index (χ1n) is 6.37. The number of hydrogen-bond donors (Lipinski definition) is 2. The highest BCUT2D eigenvalue weighted by atomic mass is 16.4. The smallest absolute Gasteiger partial charge is 0.253 e. The van der Waals surface area contributed by atoms with Gasteiger partial charge in [-0.05, 0) is 31.2 Å². The molecule has 1 atom stereocenters. The lowest BCUT2D eigenvalue weighted by Gasteiger charge is -2.24. The molecule has 1 rings (SSSR count). The number of rotatable bonds is 5. The molecule has 1 aromatic carbocycles. The summed E-state index contributed by atoms with van der Waals surface area (Å²) in [4.78, 5) is 15.9. The summed E-state index contributed by atoms with van der Waals surface area (Å²) in [5, 5.41) is 11.5. The fraction of sp³-hybridized carbons (Fsp3) is 0.429. The maximum absolute atomic E-state index is 12.3. The summed E-state index contributed by atoms with van der Waals surface area (Å²) in [6, 6.07) is 7.24. The van der Waals surface area contributed by atoms with Crippen LogP contribution in [-0.4, -0.2) is 49.0 Å². The standard InChI is InChI=1S/C14H22N4O2/c1-10(9-13(15)16-20)18(4)14(19)11-5-7-12(8-6-11)17(2)3/h5-8,10,20H,9H2,1-4H3,(H2,15,16). The third-order valence-corrected chi connectivity index (χ3v) is 3.25. The van der Waals surface area contributed by atoms with Crippen LogP contribution in [0.5, 0.6) is 0 Å². The molecule has 0 heterocycles. The normalized spacial score (nSPS) is 12.9. The number of amides is 1. The third-order valence-electron chi connectivity index (χ3n) is 3.25. The second-order valence-corrected chi connectivity index (χ2v) is 5.00. The molecule has 0 bridgehead atoms. The molecule has 3 N–H and O–H groups in total. The van der Waals surface area contributed by atoms with Crippen molar-refractivity contribution < 1.29 is 10.0 Å². The second-order valence-electron chi connectivity index (χ2n) is 5.00. The highest BCUT2D eigenvalue weighted by Gasteiger charge is 2.18. The van der Waals surface area contributed by atoms with Gasteiger partial charge in [0.25, 0.3) is 5.91 Å². The topological polar surface area (TPSA) is 82.2 Å². The van der Waals surface area contributed by atoms with Crippen LogP contribution in [0.3, 0.4) is 0 Å².